The quantitative estimate of drug-likeness (QED) is 0.736. The number of rotatable bonds is 6. The summed E-state index contributed by atoms with van der Waals surface area (Å²) >= 11 is 6.24. The van der Waals surface area contributed by atoms with E-state index in [9.17, 15) is 0 Å². The van der Waals surface area contributed by atoms with Gasteiger partial charge in [0.15, 0.2) is 0 Å². The monoisotopic (exact) mass is 283 g/mol. The molecular formula is C15H26ClN3. The van der Waals surface area contributed by atoms with E-state index in [-0.39, 0.29) is 0 Å². The fourth-order valence-corrected chi connectivity index (χ4v) is 2.30. The molecule has 0 aliphatic rings. The van der Waals surface area contributed by atoms with Crippen LogP contribution >= 0.6 is 11.6 Å². The van der Waals surface area contributed by atoms with E-state index in [0.29, 0.717) is 17.0 Å². The van der Waals surface area contributed by atoms with Gasteiger partial charge in [0.1, 0.15) is 16.8 Å². The van der Waals surface area contributed by atoms with Crippen LogP contribution in [0.5, 0.6) is 0 Å². The molecule has 0 unspecified atom stereocenters. The van der Waals surface area contributed by atoms with Crippen molar-refractivity contribution in [3.8, 4) is 0 Å². The number of aromatic nitrogens is 2. The van der Waals surface area contributed by atoms with Crippen LogP contribution in [-0.4, -0.2) is 23.1 Å². The lowest BCUT2D eigenvalue weighted by Gasteiger charge is -2.29. The zero-order chi connectivity index (χ0) is 14.6. The van der Waals surface area contributed by atoms with Crippen molar-refractivity contribution in [1.82, 2.24) is 9.97 Å². The smallest absolute Gasteiger partial charge is 0.137 e. The van der Waals surface area contributed by atoms with Crippen molar-refractivity contribution in [3.63, 3.8) is 0 Å². The predicted molar refractivity (Wildman–Crippen MR) is 83.0 cm³/mol. The average Bonchev–Trinajstić information content (AvgIpc) is 2.30. The summed E-state index contributed by atoms with van der Waals surface area (Å²) in [5, 5.41) is 0.583. The maximum atomic E-state index is 6.24. The first-order chi connectivity index (χ1) is 8.85. The lowest BCUT2D eigenvalue weighted by atomic mass is 10.1. The van der Waals surface area contributed by atoms with Gasteiger partial charge in [-0.15, -0.1) is 0 Å². The second-order valence-corrected chi connectivity index (χ2v) is 6.28. The number of aryl methyl sites for hydroxylation is 1. The van der Waals surface area contributed by atoms with Crippen molar-refractivity contribution >= 4 is 17.4 Å². The van der Waals surface area contributed by atoms with Gasteiger partial charge in [-0.3, -0.25) is 0 Å². The molecule has 4 heteroatoms. The summed E-state index contributed by atoms with van der Waals surface area (Å²) in [6.45, 7) is 15.0. The Morgan fingerprint density at radius 1 is 1.05 bits per heavy atom. The second kappa shape index (κ2) is 7.09. The minimum absolute atomic E-state index is 0.583. The molecule has 1 aromatic rings. The van der Waals surface area contributed by atoms with E-state index in [4.69, 9.17) is 11.6 Å². The highest BCUT2D eigenvalue weighted by Crippen LogP contribution is 2.25. The highest BCUT2D eigenvalue weighted by Gasteiger charge is 2.17. The van der Waals surface area contributed by atoms with Crippen LogP contribution in [-0.2, 0) is 6.42 Å². The molecule has 0 saturated carbocycles. The minimum atomic E-state index is 0.583. The molecule has 19 heavy (non-hydrogen) atoms. The van der Waals surface area contributed by atoms with Crippen LogP contribution in [0.2, 0.25) is 5.15 Å². The Bertz CT molecular complexity index is 406. The van der Waals surface area contributed by atoms with Crippen LogP contribution in [0.4, 0.5) is 5.82 Å². The number of hydrogen-bond acceptors (Lipinski definition) is 3. The molecule has 0 amide bonds. The van der Waals surface area contributed by atoms with Crippen LogP contribution in [0.25, 0.3) is 0 Å². The maximum absolute atomic E-state index is 6.24. The standard InChI is InChI=1S/C15H26ClN3/c1-7-13-17-14(16)12(6)15(18-13)19(8-10(2)3)9-11(4)5/h10-11H,7-9H2,1-6H3. The Hall–Kier alpha value is -0.830. The predicted octanol–water partition coefficient (Wildman–Crippen LogP) is 4.12. The summed E-state index contributed by atoms with van der Waals surface area (Å²) in [4.78, 5) is 11.4. The molecule has 0 atom stereocenters. The fourth-order valence-electron chi connectivity index (χ4n) is 2.12. The largest absolute Gasteiger partial charge is 0.356 e. The minimum Gasteiger partial charge on any atom is -0.356 e. The molecule has 0 aliphatic heterocycles. The van der Waals surface area contributed by atoms with Gasteiger partial charge in [0.25, 0.3) is 0 Å². The summed E-state index contributed by atoms with van der Waals surface area (Å²) in [5.74, 6) is 3.01. The molecule has 1 heterocycles. The van der Waals surface area contributed by atoms with Crippen LogP contribution < -0.4 is 4.90 Å². The van der Waals surface area contributed by atoms with E-state index in [0.717, 1.165) is 36.7 Å². The van der Waals surface area contributed by atoms with E-state index < -0.39 is 0 Å². The molecule has 0 aliphatic carbocycles. The molecular weight excluding hydrogens is 258 g/mol. The van der Waals surface area contributed by atoms with Gasteiger partial charge in [-0.2, -0.15) is 0 Å². The van der Waals surface area contributed by atoms with Gasteiger partial charge in [0.2, 0.25) is 0 Å². The van der Waals surface area contributed by atoms with Crippen LogP contribution in [0.15, 0.2) is 0 Å². The number of hydrogen-bond donors (Lipinski definition) is 0. The van der Waals surface area contributed by atoms with Crippen molar-refractivity contribution in [1.29, 1.82) is 0 Å². The molecule has 0 saturated heterocycles. The zero-order valence-corrected chi connectivity index (χ0v) is 13.8. The van der Waals surface area contributed by atoms with Gasteiger partial charge in [-0.1, -0.05) is 46.2 Å². The van der Waals surface area contributed by atoms with Crippen LogP contribution in [0.1, 0.15) is 46.0 Å². The van der Waals surface area contributed by atoms with E-state index >= 15 is 0 Å². The second-order valence-electron chi connectivity index (χ2n) is 5.93. The first-order valence-corrected chi connectivity index (χ1v) is 7.50. The Balaban J connectivity index is 3.16. The van der Waals surface area contributed by atoms with Gasteiger partial charge >= 0.3 is 0 Å². The number of halogens is 1. The lowest BCUT2D eigenvalue weighted by Crippen LogP contribution is -2.33. The molecule has 0 fully saturated rings. The topological polar surface area (TPSA) is 29.0 Å². The van der Waals surface area contributed by atoms with Gasteiger partial charge < -0.3 is 4.90 Å². The third-order valence-corrected chi connectivity index (χ3v) is 3.26. The molecule has 0 bridgehead atoms. The van der Waals surface area contributed by atoms with E-state index in [1.807, 2.05) is 6.92 Å². The highest BCUT2D eigenvalue weighted by molar-refractivity contribution is 6.30. The number of anilines is 1. The van der Waals surface area contributed by atoms with Crippen LogP contribution in [0, 0.1) is 18.8 Å². The SMILES string of the molecule is CCc1nc(Cl)c(C)c(N(CC(C)C)CC(C)C)n1. The first kappa shape index (κ1) is 16.2. The van der Waals surface area contributed by atoms with Crippen molar-refractivity contribution in [2.45, 2.75) is 48.0 Å². The molecule has 0 spiro atoms. The number of nitrogens with zero attached hydrogens (tertiary/aromatic N) is 3. The van der Waals surface area contributed by atoms with Gasteiger partial charge in [0, 0.05) is 25.1 Å². The maximum Gasteiger partial charge on any atom is 0.137 e. The molecule has 0 aromatic carbocycles. The van der Waals surface area contributed by atoms with Crippen molar-refractivity contribution in [2.24, 2.45) is 11.8 Å². The molecule has 108 valence electrons. The summed E-state index contributed by atoms with van der Waals surface area (Å²) in [6, 6.07) is 0. The fraction of sp³-hybridized carbons (Fsp3) is 0.733. The summed E-state index contributed by atoms with van der Waals surface area (Å²) in [6.07, 6.45) is 0.810. The van der Waals surface area contributed by atoms with E-state index in [2.05, 4.69) is 49.5 Å². The molecule has 0 N–H and O–H groups in total. The van der Waals surface area contributed by atoms with Gasteiger partial charge in [-0.25, -0.2) is 9.97 Å². The molecule has 3 nitrogen and oxygen atoms in total. The van der Waals surface area contributed by atoms with E-state index in [1.54, 1.807) is 0 Å². The average molecular weight is 284 g/mol. The van der Waals surface area contributed by atoms with Crippen molar-refractivity contribution < 1.29 is 0 Å². The van der Waals surface area contributed by atoms with Crippen molar-refractivity contribution in [3.05, 3.63) is 16.5 Å². The molecule has 0 radical (unpaired) electrons. The third kappa shape index (κ3) is 4.64. The normalized spacial score (nSPS) is 11.4. The van der Waals surface area contributed by atoms with Crippen LogP contribution in [0.3, 0.4) is 0 Å². The Labute approximate surface area is 122 Å². The molecule has 1 aromatic heterocycles. The van der Waals surface area contributed by atoms with Crippen molar-refractivity contribution in [2.75, 3.05) is 18.0 Å². The summed E-state index contributed by atoms with van der Waals surface area (Å²) < 4.78 is 0. The lowest BCUT2D eigenvalue weighted by molar-refractivity contribution is 0.546. The van der Waals surface area contributed by atoms with E-state index in [1.165, 1.54) is 0 Å². The zero-order valence-electron chi connectivity index (χ0n) is 13.0. The van der Waals surface area contributed by atoms with Gasteiger partial charge in [0.05, 0.1) is 0 Å². The Morgan fingerprint density at radius 3 is 2.00 bits per heavy atom. The van der Waals surface area contributed by atoms with Gasteiger partial charge in [-0.05, 0) is 18.8 Å². The molecule has 1 rings (SSSR count). The Morgan fingerprint density at radius 2 is 1.58 bits per heavy atom. The highest BCUT2D eigenvalue weighted by atomic mass is 35.5. The summed E-state index contributed by atoms with van der Waals surface area (Å²) in [5.41, 5.74) is 0.986. The Kier molecular flexibility index (Phi) is 6.05. The third-order valence-electron chi connectivity index (χ3n) is 2.89. The summed E-state index contributed by atoms with van der Waals surface area (Å²) in [7, 11) is 0. The first-order valence-electron chi connectivity index (χ1n) is 7.13.